The van der Waals surface area contributed by atoms with Crippen molar-refractivity contribution in [2.75, 3.05) is 0 Å². The zero-order valence-electron chi connectivity index (χ0n) is 8.15. The average molecular weight is 189 g/mol. The summed E-state index contributed by atoms with van der Waals surface area (Å²) in [5.41, 5.74) is 1.48. The first-order chi connectivity index (χ1) is 6.65. The molecule has 72 valence electrons. The fraction of sp³-hybridized carbons (Fsp3) is 0.273. The van der Waals surface area contributed by atoms with Crippen LogP contribution in [0.25, 0.3) is 0 Å². The molecule has 1 unspecified atom stereocenters. The van der Waals surface area contributed by atoms with Gasteiger partial charge in [0.15, 0.2) is 5.78 Å². The van der Waals surface area contributed by atoms with E-state index in [4.69, 9.17) is 0 Å². The topological polar surface area (TPSA) is 46.5 Å². The summed E-state index contributed by atoms with van der Waals surface area (Å²) in [7, 11) is 0. The monoisotopic (exact) mass is 189 g/mol. The van der Waals surface area contributed by atoms with Crippen LogP contribution in [-0.2, 0) is 4.79 Å². The van der Waals surface area contributed by atoms with Gasteiger partial charge in [-0.15, -0.1) is 0 Å². The lowest BCUT2D eigenvalue weighted by Gasteiger charge is -2.05. The zero-order valence-corrected chi connectivity index (χ0v) is 8.15. The minimum atomic E-state index is -0.244. The summed E-state index contributed by atoms with van der Waals surface area (Å²) in [6.07, 6.45) is 1.50. The largest absolute Gasteiger partial charge is 0.295 e. The number of carbonyl (C=O) groups excluding carboxylic acids is 2. The Bertz CT molecular complexity index is 392. The number of benzene rings is 1. The maximum atomic E-state index is 11.1. The van der Waals surface area contributed by atoms with Crippen LogP contribution in [0.3, 0.4) is 0 Å². The molecule has 1 aromatic carbocycles. The number of hydrogen-bond acceptors (Lipinski definition) is 3. The number of carbonyl (C=O) groups is 1. The molecule has 1 aromatic rings. The maximum Gasteiger partial charge on any atom is 0.235 e. The van der Waals surface area contributed by atoms with E-state index in [1.165, 1.54) is 13.0 Å². The summed E-state index contributed by atoms with van der Waals surface area (Å²) in [6.45, 7) is 3.29. The highest BCUT2D eigenvalue weighted by Gasteiger charge is 2.05. The smallest absolute Gasteiger partial charge is 0.235 e. The van der Waals surface area contributed by atoms with Crippen LogP contribution in [-0.4, -0.2) is 11.9 Å². The van der Waals surface area contributed by atoms with Crippen molar-refractivity contribution < 1.29 is 9.59 Å². The van der Waals surface area contributed by atoms with E-state index in [-0.39, 0.29) is 11.8 Å². The average Bonchev–Trinajstić information content (AvgIpc) is 2.18. The van der Waals surface area contributed by atoms with Crippen molar-refractivity contribution in [1.29, 1.82) is 0 Å². The van der Waals surface area contributed by atoms with Crippen LogP contribution in [0.15, 0.2) is 29.3 Å². The molecule has 0 fully saturated rings. The van der Waals surface area contributed by atoms with Crippen molar-refractivity contribution >= 4 is 11.9 Å². The Morgan fingerprint density at radius 1 is 1.50 bits per heavy atom. The van der Waals surface area contributed by atoms with Gasteiger partial charge in [0.05, 0.1) is 6.04 Å². The van der Waals surface area contributed by atoms with Crippen LogP contribution in [0.4, 0.5) is 0 Å². The van der Waals surface area contributed by atoms with Crippen molar-refractivity contribution in [3.05, 3.63) is 35.4 Å². The van der Waals surface area contributed by atoms with Crippen LogP contribution in [0.1, 0.15) is 35.8 Å². The van der Waals surface area contributed by atoms with Crippen molar-refractivity contribution in [3.63, 3.8) is 0 Å². The number of Topliss-reactive ketones (excluding diaryl/α,β-unsaturated/α-hetero) is 1. The lowest BCUT2D eigenvalue weighted by atomic mass is 10.0. The van der Waals surface area contributed by atoms with Crippen LogP contribution >= 0.6 is 0 Å². The summed E-state index contributed by atoms with van der Waals surface area (Å²) in [4.78, 5) is 24.7. The third-order valence-corrected chi connectivity index (χ3v) is 2.02. The van der Waals surface area contributed by atoms with Crippen LogP contribution in [0.2, 0.25) is 0 Å². The molecule has 3 nitrogen and oxygen atoms in total. The molecule has 14 heavy (non-hydrogen) atoms. The predicted octanol–water partition coefficient (Wildman–Crippen LogP) is 2.29. The van der Waals surface area contributed by atoms with Gasteiger partial charge < -0.3 is 0 Å². The summed E-state index contributed by atoms with van der Waals surface area (Å²) < 4.78 is 0. The maximum absolute atomic E-state index is 11.1. The van der Waals surface area contributed by atoms with E-state index in [1.807, 2.05) is 6.07 Å². The summed E-state index contributed by atoms with van der Waals surface area (Å²) in [5.74, 6) is 0.00846. The van der Waals surface area contributed by atoms with Crippen LogP contribution in [0.5, 0.6) is 0 Å². The van der Waals surface area contributed by atoms with Crippen molar-refractivity contribution in [2.45, 2.75) is 19.9 Å². The highest BCUT2D eigenvalue weighted by atomic mass is 16.1. The highest BCUT2D eigenvalue weighted by molar-refractivity contribution is 5.94. The molecule has 0 amide bonds. The van der Waals surface area contributed by atoms with Crippen LogP contribution in [0, 0.1) is 0 Å². The first kappa shape index (κ1) is 10.4. The fourth-order valence-corrected chi connectivity index (χ4v) is 1.17. The molecule has 0 aliphatic rings. The van der Waals surface area contributed by atoms with Crippen LogP contribution < -0.4 is 0 Å². The molecule has 0 spiro atoms. The first-order valence-corrected chi connectivity index (χ1v) is 4.33. The van der Waals surface area contributed by atoms with E-state index < -0.39 is 0 Å². The molecule has 0 saturated carbocycles. The second kappa shape index (κ2) is 4.49. The van der Waals surface area contributed by atoms with E-state index in [1.54, 1.807) is 25.1 Å². The van der Waals surface area contributed by atoms with Gasteiger partial charge >= 0.3 is 0 Å². The molecule has 3 heteroatoms. The minimum absolute atomic E-state index is 0.00846. The molecule has 0 aliphatic carbocycles. The molecule has 1 atom stereocenters. The third-order valence-electron chi connectivity index (χ3n) is 2.02. The predicted molar refractivity (Wildman–Crippen MR) is 53.0 cm³/mol. The summed E-state index contributed by atoms with van der Waals surface area (Å²) >= 11 is 0. The second-order valence-electron chi connectivity index (χ2n) is 3.08. The number of isocyanates is 1. The van der Waals surface area contributed by atoms with Gasteiger partial charge in [0.2, 0.25) is 6.08 Å². The molecule has 1 rings (SSSR count). The molecule has 0 N–H and O–H groups in total. The Balaban J connectivity index is 3.04. The van der Waals surface area contributed by atoms with Crippen molar-refractivity contribution in [3.8, 4) is 0 Å². The Kier molecular flexibility index (Phi) is 3.32. The molecule has 0 radical (unpaired) electrons. The van der Waals surface area contributed by atoms with Gasteiger partial charge in [-0.25, -0.2) is 4.79 Å². The Morgan fingerprint density at radius 2 is 2.21 bits per heavy atom. The lowest BCUT2D eigenvalue weighted by Crippen LogP contribution is -1.95. The van der Waals surface area contributed by atoms with Crippen molar-refractivity contribution in [1.82, 2.24) is 0 Å². The Labute approximate surface area is 82.5 Å². The third kappa shape index (κ3) is 2.38. The number of ketones is 1. The minimum Gasteiger partial charge on any atom is -0.295 e. The van der Waals surface area contributed by atoms with E-state index in [0.717, 1.165) is 5.56 Å². The van der Waals surface area contributed by atoms with Crippen molar-refractivity contribution in [2.24, 2.45) is 4.99 Å². The number of hydrogen-bond donors (Lipinski definition) is 0. The Morgan fingerprint density at radius 3 is 2.79 bits per heavy atom. The molecule has 0 bridgehead atoms. The number of aliphatic imine (C=N–C) groups is 1. The van der Waals surface area contributed by atoms with E-state index in [2.05, 4.69) is 4.99 Å². The Hall–Kier alpha value is -1.73. The van der Waals surface area contributed by atoms with Gasteiger partial charge in [0, 0.05) is 5.56 Å². The molecule has 0 aliphatic heterocycles. The highest BCUT2D eigenvalue weighted by Crippen LogP contribution is 2.17. The normalized spacial score (nSPS) is 11.6. The molecule has 0 saturated heterocycles. The van der Waals surface area contributed by atoms with Gasteiger partial charge in [-0.1, -0.05) is 18.2 Å². The van der Waals surface area contributed by atoms with E-state index in [9.17, 15) is 9.59 Å². The summed E-state index contributed by atoms with van der Waals surface area (Å²) in [5, 5.41) is 0. The first-order valence-electron chi connectivity index (χ1n) is 4.33. The lowest BCUT2D eigenvalue weighted by molar-refractivity contribution is 0.101. The number of rotatable bonds is 3. The second-order valence-corrected chi connectivity index (χ2v) is 3.08. The summed E-state index contributed by atoms with van der Waals surface area (Å²) in [6, 6.07) is 6.85. The van der Waals surface area contributed by atoms with E-state index in [0.29, 0.717) is 5.56 Å². The standard InChI is InChI=1S/C11H11NO2/c1-8(12-7-13)10-4-3-5-11(6-10)9(2)14/h3-6,8H,1-2H3. The van der Waals surface area contributed by atoms with E-state index >= 15 is 0 Å². The van der Waals surface area contributed by atoms with Gasteiger partial charge in [-0.2, -0.15) is 4.99 Å². The number of nitrogens with zero attached hydrogens (tertiary/aromatic N) is 1. The van der Waals surface area contributed by atoms with Gasteiger partial charge in [-0.3, -0.25) is 4.79 Å². The molecular formula is C11H11NO2. The van der Waals surface area contributed by atoms with Gasteiger partial charge in [-0.05, 0) is 25.5 Å². The zero-order chi connectivity index (χ0) is 10.6. The van der Waals surface area contributed by atoms with Gasteiger partial charge in [0.25, 0.3) is 0 Å². The molecule has 0 heterocycles. The molecule has 0 aromatic heterocycles. The quantitative estimate of drug-likeness (QED) is 0.416. The fourth-order valence-electron chi connectivity index (χ4n) is 1.17. The van der Waals surface area contributed by atoms with Gasteiger partial charge in [0.1, 0.15) is 0 Å². The molecular weight excluding hydrogens is 178 g/mol. The SMILES string of the molecule is CC(=O)c1cccc(C(C)N=C=O)c1.